The molecule has 0 aliphatic carbocycles. The number of furan rings is 1. The molecule has 2 aliphatic rings. The standard InChI is InChI=1S/C26H25N3O5/c30-24(21-12-7-15-33-21)27-20-11-6-10-19(16-20)23-22(25(31)28-13-4-5-14-28)29(26(32)34-23)17-18-8-2-1-3-9-18/h1-3,6-12,15-16,22-23H,4-5,13-14,17H2,(H,27,30). The first-order chi connectivity index (χ1) is 16.6. The number of benzene rings is 2. The first-order valence-electron chi connectivity index (χ1n) is 11.3. The third-order valence-corrected chi connectivity index (χ3v) is 6.17. The lowest BCUT2D eigenvalue weighted by Gasteiger charge is -2.28. The van der Waals surface area contributed by atoms with Crippen LogP contribution in [0.15, 0.2) is 77.4 Å². The summed E-state index contributed by atoms with van der Waals surface area (Å²) in [4.78, 5) is 42.2. The van der Waals surface area contributed by atoms with E-state index in [4.69, 9.17) is 9.15 Å². The summed E-state index contributed by atoms with van der Waals surface area (Å²) in [6.07, 6.45) is 2.01. The summed E-state index contributed by atoms with van der Waals surface area (Å²) in [5.41, 5.74) is 2.07. The van der Waals surface area contributed by atoms with Crippen molar-refractivity contribution in [1.29, 1.82) is 0 Å². The second-order valence-electron chi connectivity index (χ2n) is 8.45. The summed E-state index contributed by atoms with van der Waals surface area (Å²) in [7, 11) is 0. The monoisotopic (exact) mass is 459 g/mol. The number of carbonyl (C=O) groups excluding carboxylic acids is 3. The van der Waals surface area contributed by atoms with E-state index in [2.05, 4.69) is 5.32 Å². The van der Waals surface area contributed by atoms with Gasteiger partial charge in [0.15, 0.2) is 17.9 Å². The second kappa shape index (κ2) is 9.43. The molecule has 2 aromatic carbocycles. The van der Waals surface area contributed by atoms with Crippen LogP contribution < -0.4 is 5.32 Å². The van der Waals surface area contributed by atoms with E-state index >= 15 is 0 Å². The van der Waals surface area contributed by atoms with Crippen LogP contribution in [0.1, 0.15) is 40.6 Å². The number of anilines is 1. The molecule has 1 N–H and O–H groups in total. The predicted octanol–water partition coefficient (Wildman–Crippen LogP) is 4.22. The van der Waals surface area contributed by atoms with Crippen molar-refractivity contribution in [1.82, 2.24) is 9.80 Å². The highest BCUT2D eigenvalue weighted by atomic mass is 16.6. The molecule has 34 heavy (non-hydrogen) atoms. The third-order valence-electron chi connectivity index (χ3n) is 6.17. The van der Waals surface area contributed by atoms with E-state index in [0.717, 1.165) is 18.4 Å². The first kappa shape index (κ1) is 21.8. The maximum atomic E-state index is 13.6. The minimum absolute atomic E-state index is 0.116. The van der Waals surface area contributed by atoms with Gasteiger partial charge in [0.05, 0.1) is 12.8 Å². The summed E-state index contributed by atoms with van der Waals surface area (Å²) < 4.78 is 10.9. The zero-order chi connectivity index (χ0) is 23.5. The molecule has 3 heterocycles. The Morgan fingerprint density at radius 3 is 2.50 bits per heavy atom. The number of carbonyl (C=O) groups is 3. The molecule has 0 spiro atoms. The van der Waals surface area contributed by atoms with E-state index in [1.54, 1.807) is 41.3 Å². The molecule has 2 fully saturated rings. The zero-order valence-electron chi connectivity index (χ0n) is 18.6. The molecule has 3 aromatic rings. The molecule has 174 valence electrons. The predicted molar refractivity (Wildman–Crippen MR) is 124 cm³/mol. The molecule has 0 saturated carbocycles. The van der Waals surface area contributed by atoms with Crippen molar-refractivity contribution in [2.75, 3.05) is 18.4 Å². The number of amides is 3. The van der Waals surface area contributed by atoms with E-state index in [-0.39, 0.29) is 24.1 Å². The van der Waals surface area contributed by atoms with Crippen LogP contribution in [0.5, 0.6) is 0 Å². The van der Waals surface area contributed by atoms with Crippen molar-refractivity contribution in [2.45, 2.75) is 31.5 Å². The van der Waals surface area contributed by atoms with Gasteiger partial charge >= 0.3 is 6.09 Å². The molecular formula is C26H25N3O5. The molecule has 2 atom stereocenters. The van der Waals surface area contributed by atoms with Gasteiger partial charge in [0, 0.05) is 18.8 Å². The normalized spacial score (nSPS) is 19.8. The number of nitrogens with one attached hydrogen (secondary N) is 1. The summed E-state index contributed by atoms with van der Waals surface area (Å²) >= 11 is 0. The van der Waals surface area contributed by atoms with Gasteiger partial charge in [0.25, 0.3) is 5.91 Å². The Labute approximate surface area is 197 Å². The van der Waals surface area contributed by atoms with Gasteiger partial charge in [-0.2, -0.15) is 0 Å². The number of likely N-dealkylation sites (tertiary alicyclic amines) is 1. The Hall–Kier alpha value is -4.07. The van der Waals surface area contributed by atoms with Crippen LogP contribution in [-0.4, -0.2) is 46.8 Å². The Morgan fingerprint density at radius 1 is 0.971 bits per heavy atom. The molecule has 2 saturated heterocycles. The van der Waals surface area contributed by atoms with Crippen molar-refractivity contribution in [3.05, 3.63) is 89.9 Å². The molecule has 2 aliphatic heterocycles. The average molecular weight is 460 g/mol. The molecule has 5 rings (SSSR count). The lowest BCUT2D eigenvalue weighted by Crippen LogP contribution is -2.47. The third kappa shape index (κ3) is 4.39. The van der Waals surface area contributed by atoms with Crippen molar-refractivity contribution < 1.29 is 23.5 Å². The molecule has 3 amide bonds. The number of nitrogens with zero attached hydrogens (tertiary/aromatic N) is 2. The van der Waals surface area contributed by atoms with E-state index in [0.29, 0.717) is 24.3 Å². The summed E-state index contributed by atoms with van der Waals surface area (Å²) in [6, 6.07) is 19.0. The Kier molecular flexibility index (Phi) is 6.03. The van der Waals surface area contributed by atoms with Gasteiger partial charge in [-0.3, -0.25) is 14.5 Å². The van der Waals surface area contributed by atoms with Crippen LogP contribution in [0, 0.1) is 0 Å². The molecule has 1 aromatic heterocycles. The SMILES string of the molecule is O=C(Nc1cccc(C2OC(=O)N(Cc3ccccc3)C2C(=O)N2CCCC2)c1)c1ccco1. The van der Waals surface area contributed by atoms with Gasteiger partial charge in [-0.25, -0.2) is 4.79 Å². The van der Waals surface area contributed by atoms with Crippen LogP contribution in [0.25, 0.3) is 0 Å². The highest BCUT2D eigenvalue weighted by molar-refractivity contribution is 6.02. The molecular weight excluding hydrogens is 434 g/mol. The number of ether oxygens (including phenoxy) is 1. The fourth-order valence-corrected chi connectivity index (χ4v) is 4.49. The van der Waals surface area contributed by atoms with Crippen LogP contribution >= 0.6 is 0 Å². The molecule has 2 unspecified atom stereocenters. The highest BCUT2D eigenvalue weighted by Gasteiger charge is 2.48. The first-order valence-corrected chi connectivity index (χ1v) is 11.3. The van der Waals surface area contributed by atoms with E-state index in [9.17, 15) is 14.4 Å². The quantitative estimate of drug-likeness (QED) is 0.596. The van der Waals surface area contributed by atoms with E-state index in [1.807, 2.05) is 30.3 Å². The number of hydrogen-bond donors (Lipinski definition) is 1. The van der Waals surface area contributed by atoms with Crippen molar-refractivity contribution in [3.63, 3.8) is 0 Å². The van der Waals surface area contributed by atoms with Gasteiger partial charge < -0.3 is 19.4 Å². The van der Waals surface area contributed by atoms with Crippen molar-refractivity contribution in [2.24, 2.45) is 0 Å². The minimum atomic E-state index is -0.790. The smallest absolute Gasteiger partial charge is 0.411 e. The Morgan fingerprint density at radius 2 is 1.76 bits per heavy atom. The molecule has 0 radical (unpaired) electrons. The largest absolute Gasteiger partial charge is 0.459 e. The molecule has 0 bridgehead atoms. The van der Waals surface area contributed by atoms with Crippen molar-refractivity contribution >= 4 is 23.6 Å². The maximum Gasteiger partial charge on any atom is 0.411 e. The summed E-state index contributed by atoms with van der Waals surface area (Å²) in [5, 5.41) is 2.79. The van der Waals surface area contributed by atoms with E-state index in [1.165, 1.54) is 11.2 Å². The molecule has 8 nitrogen and oxygen atoms in total. The van der Waals surface area contributed by atoms with Gasteiger partial charge in [-0.1, -0.05) is 42.5 Å². The highest BCUT2D eigenvalue weighted by Crippen LogP contribution is 2.36. The van der Waals surface area contributed by atoms with Gasteiger partial charge in [-0.05, 0) is 48.2 Å². The number of cyclic esters (lactones) is 1. The molecule has 8 heteroatoms. The van der Waals surface area contributed by atoms with Gasteiger partial charge in [-0.15, -0.1) is 0 Å². The van der Waals surface area contributed by atoms with Gasteiger partial charge in [0.2, 0.25) is 5.91 Å². The average Bonchev–Trinajstić information content (AvgIpc) is 3.62. The fourth-order valence-electron chi connectivity index (χ4n) is 4.49. The Bertz CT molecular complexity index is 1170. The van der Waals surface area contributed by atoms with E-state index < -0.39 is 18.2 Å². The topological polar surface area (TPSA) is 92.1 Å². The Balaban J connectivity index is 1.43. The van der Waals surface area contributed by atoms with Crippen LogP contribution in [0.4, 0.5) is 10.5 Å². The summed E-state index contributed by atoms with van der Waals surface area (Å²) in [5.74, 6) is -0.316. The minimum Gasteiger partial charge on any atom is -0.459 e. The van der Waals surface area contributed by atoms with Crippen LogP contribution in [0.3, 0.4) is 0 Å². The lowest BCUT2D eigenvalue weighted by molar-refractivity contribution is -0.135. The zero-order valence-corrected chi connectivity index (χ0v) is 18.6. The number of rotatable bonds is 6. The van der Waals surface area contributed by atoms with Gasteiger partial charge in [0.1, 0.15) is 0 Å². The lowest BCUT2D eigenvalue weighted by atomic mass is 9.99. The maximum absolute atomic E-state index is 13.6. The van der Waals surface area contributed by atoms with Crippen LogP contribution in [-0.2, 0) is 16.1 Å². The fraction of sp³-hybridized carbons (Fsp3) is 0.269. The number of hydrogen-bond acceptors (Lipinski definition) is 5. The second-order valence-corrected chi connectivity index (χ2v) is 8.45. The van der Waals surface area contributed by atoms with Crippen LogP contribution in [0.2, 0.25) is 0 Å². The summed E-state index contributed by atoms with van der Waals surface area (Å²) in [6.45, 7) is 1.62. The van der Waals surface area contributed by atoms with Crippen molar-refractivity contribution in [3.8, 4) is 0 Å².